The Bertz CT molecular complexity index is 559. The molecule has 0 unspecified atom stereocenters. The van der Waals surface area contributed by atoms with E-state index >= 15 is 0 Å². The number of non-ortho nitro benzene ring substituents is 1. The summed E-state index contributed by atoms with van der Waals surface area (Å²) in [4.78, 5) is 30.7. The smallest absolute Gasteiger partial charge is 0.414 e. The second-order valence-corrected chi connectivity index (χ2v) is 5.15. The highest BCUT2D eigenvalue weighted by atomic mass is 16.6. The zero-order valence-corrected chi connectivity index (χ0v) is 13.6. The Morgan fingerprint density at radius 1 is 1.16 bits per heavy atom. The van der Waals surface area contributed by atoms with Crippen molar-refractivity contribution in [1.82, 2.24) is 10.2 Å². The number of benzene rings is 1. The van der Waals surface area contributed by atoms with Crippen molar-refractivity contribution < 1.29 is 29.5 Å². The Labute approximate surface area is 144 Å². The van der Waals surface area contributed by atoms with Gasteiger partial charge in [-0.25, -0.2) is 9.59 Å². The maximum atomic E-state index is 10.5. The number of nitrogens with zero attached hydrogens (tertiary/aromatic N) is 2. The van der Waals surface area contributed by atoms with E-state index in [1.54, 1.807) is 12.1 Å². The molecule has 10 heteroatoms. The lowest BCUT2D eigenvalue weighted by Crippen LogP contribution is -2.43. The number of hydrogen-bond acceptors (Lipinski definition) is 7. The first-order valence-electron chi connectivity index (χ1n) is 7.66. The average Bonchev–Trinajstić information content (AvgIpc) is 2.60. The molecular formula is C15H21N3O7. The SMILES string of the molecule is O=C(O)C(=O)O.O=[N+]([O-])c1ccc(OCCCN2CCNCC2)cc1. The fraction of sp³-hybridized carbons (Fsp3) is 0.467. The predicted octanol–water partition coefficient (Wildman–Crippen LogP) is 0.425. The lowest BCUT2D eigenvalue weighted by Gasteiger charge is -2.26. The highest BCUT2D eigenvalue weighted by Gasteiger charge is 2.09. The largest absolute Gasteiger partial charge is 0.494 e. The van der Waals surface area contributed by atoms with Crippen LogP contribution in [0.1, 0.15) is 6.42 Å². The first-order chi connectivity index (χ1) is 11.9. The fourth-order valence-corrected chi connectivity index (χ4v) is 2.08. The van der Waals surface area contributed by atoms with Crippen LogP contribution in [0, 0.1) is 10.1 Å². The summed E-state index contributed by atoms with van der Waals surface area (Å²) in [6, 6.07) is 6.21. The first-order valence-corrected chi connectivity index (χ1v) is 7.66. The van der Waals surface area contributed by atoms with E-state index in [2.05, 4.69) is 10.2 Å². The minimum atomic E-state index is -1.82. The minimum Gasteiger partial charge on any atom is -0.494 e. The lowest BCUT2D eigenvalue weighted by molar-refractivity contribution is -0.384. The molecule has 0 spiro atoms. The monoisotopic (exact) mass is 355 g/mol. The van der Waals surface area contributed by atoms with Gasteiger partial charge in [0.25, 0.3) is 5.69 Å². The Balaban J connectivity index is 0.000000450. The summed E-state index contributed by atoms with van der Waals surface area (Å²) < 4.78 is 5.57. The number of nitro benzene ring substituents is 1. The molecule has 1 heterocycles. The van der Waals surface area contributed by atoms with Gasteiger partial charge in [0.1, 0.15) is 5.75 Å². The summed E-state index contributed by atoms with van der Waals surface area (Å²) in [7, 11) is 0. The molecule has 0 aromatic heterocycles. The molecule has 0 saturated carbocycles. The molecule has 0 radical (unpaired) electrons. The summed E-state index contributed by atoms with van der Waals surface area (Å²) in [5.41, 5.74) is 0.0909. The van der Waals surface area contributed by atoms with E-state index < -0.39 is 16.9 Å². The number of rotatable bonds is 6. The van der Waals surface area contributed by atoms with Gasteiger partial charge in [-0.15, -0.1) is 0 Å². The zero-order valence-electron chi connectivity index (χ0n) is 13.6. The van der Waals surface area contributed by atoms with Crippen LogP contribution in [0.5, 0.6) is 5.75 Å². The molecule has 0 aliphatic carbocycles. The van der Waals surface area contributed by atoms with Gasteiger partial charge in [-0.05, 0) is 18.6 Å². The summed E-state index contributed by atoms with van der Waals surface area (Å²) in [6.07, 6.45) is 0.969. The summed E-state index contributed by atoms with van der Waals surface area (Å²) in [6.45, 7) is 5.98. The number of carboxylic acid groups (broad SMARTS) is 2. The van der Waals surface area contributed by atoms with Crippen molar-refractivity contribution in [1.29, 1.82) is 0 Å². The minimum absolute atomic E-state index is 0.0909. The van der Waals surface area contributed by atoms with Crippen molar-refractivity contribution in [2.45, 2.75) is 6.42 Å². The Kier molecular flexibility index (Phi) is 8.90. The molecule has 10 nitrogen and oxygen atoms in total. The molecule has 0 bridgehead atoms. The van der Waals surface area contributed by atoms with Crippen molar-refractivity contribution in [3.8, 4) is 5.75 Å². The number of carbonyl (C=O) groups is 2. The second kappa shape index (κ2) is 10.9. The zero-order chi connectivity index (χ0) is 18.7. The van der Waals surface area contributed by atoms with Gasteiger partial charge in [-0.3, -0.25) is 10.1 Å². The molecule has 1 aliphatic rings. The number of ether oxygens (including phenoxy) is 1. The van der Waals surface area contributed by atoms with Gasteiger partial charge in [-0.1, -0.05) is 0 Å². The maximum Gasteiger partial charge on any atom is 0.414 e. The van der Waals surface area contributed by atoms with Crippen LogP contribution in [-0.2, 0) is 9.59 Å². The Morgan fingerprint density at radius 3 is 2.20 bits per heavy atom. The molecular weight excluding hydrogens is 334 g/mol. The van der Waals surface area contributed by atoms with Crippen molar-refractivity contribution in [2.75, 3.05) is 39.3 Å². The van der Waals surface area contributed by atoms with E-state index in [1.807, 2.05) is 0 Å². The van der Waals surface area contributed by atoms with E-state index in [-0.39, 0.29) is 5.69 Å². The molecule has 2 rings (SSSR count). The highest BCUT2D eigenvalue weighted by Crippen LogP contribution is 2.17. The third-order valence-corrected chi connectivity index (χ3v) is 3.33. The van der Waals surface area contributed by atoms with E-state index in [4.69, 9.17) is 24.5 Å². The van der Waals surface area contributed by atoms with Crippen LogP contribution in [0.4, 0.5) is 5.69 Å². The van der Waals surface area contributed by atoms with Crippen LogP contribution >= 0.6 is 0 Å². The predicted molar refractivity (Wildman–Crippen MR) is 87.8 cm³/mol. The third-order valence-electron chi connectivity index (χ3n) is 3.33. The normalized spacial score (nSPS) is 14.1. The summed E-state index contributed by atoms with van der Waals surface area (Å²) in [5.74, 6) is -2.96. The first kappa shape index (κ1) is 20.3. The highest BCUT2D eigenvalue weighted by molar-refractivity contribution is 6.27. The molecule has 0 atom stereocenters. The van der Waals surface area contributed by atoms with Gasteiger partial charge in [-0.2, -0.15) is 0 Å². The van der Waals surface area contributed by atoms with E-state index in [1.165, 1.54) is 12.1 Å². The van der Waals surface area contributed by atoms with Crippen LogP contribution in [-0.4, -0.2) is 71.3 Å². The molecule has 0 amide bonds. The Morgan fingerprint density at radius 2 is 1.72 bits per heavy atom. The molecule has 1 aromatic carbocycles. The summed E-state index contributed by atoms with van der Waals surface area (Å²) in [5, 5.41) is 28.6. The number of piperazine rings is 1. The fourth-order valence-electron chi connectivity index (χ4n) is 2.08. The molecule has 1 saturated heterocycles. The van der Waals surface area contributed by atoms with E-state index in [9.17, 15) is 10.1 Å². The van der Waals surface area contributed by atoms with E-state index in [0.717, 1.165) is 39.1 Å². The van der Waals surface area contributed by atoms with Crippen LogP contribution < -0.4 is 10.1 Å². The molecule has 138 valence electrons. The number of nitrogens with one attached hydrogen (secondary N) is 1. The van der Waals surface area contributed by atoms with Crippen LogP contribution in [0.2, 0.25) is 0 Å². The summed E-state index contributed by atoms with van der Waals surface area (Å²) >= 11 is 0. The van der Waals surface area contributed by atoms with Gasteiger partial charge in [0.05, 0.1) is 11.5 Å². The lowest BCUT2D eigenvalue weighted by atomic mass is 10.3. The average molecular weight is 355 g/mol. The maximum absolute atomic E-state index is 10.5. The van der Waals surface area contributed by atoms with Gasteiger partial charge >= 0.3 is 11.9 Å². The van der Waals surface area contributed by atoms with Crippen LogP contribution in [0.3, 0.4) is 0 Å². The van der Waals surface area contributed by atoms with Crippen LogP contribution in [0.15, 0.2) is 24.3 Å². The molecule has 1 fully saturated rings. The second-order valence-electron chi connectivity index (χ2n) is 5.15. The van der Waals surface area contributed by atoms with Crippen LogP contribution in [0.25, 0.3) is 0 Å². The van der Waals surface area contributed by atoms with Crippen molar-refractivity contribution in [2.24, 2.45) is 0 Å². The van der Waals surface area contributed by atoms with E-state index in [0.29, 0.717) is 12.4 Å². The Hall–Kier alpha value is -2.72. The number of carboxylic acids is 2. The molecule has 1 aromatic rings. The molecule has 1 aliphatic heterocycles. The van der Waals surface area contributed by atoms with Gasteiger partial charge in [0, 0.05) is 44.9 Å². The van der Waals surface area contributed by atoms with Gasteiger partial charge in [0.2, 0.25) is 0 Å². The van der Waals surface area contributed by atoms with Gasteiger partial charge in [0.15, 0.2) is 0 Å². The molecule has 25 heavy (non-hydrogen) atoms. The number of aliphatic carboxylic acids is 2. The number of nitro groups is 1. The quantitative estimate of drug-likeness (QED) is 0.286. The standard InChI is InChI=1S/C13H19N3O3.C2H2O4/c17-16(18)12-2-4-13(5-3-12)19-11-1-8-15-9-6-14-7-10-15;3-1(4)2(5)6/h2-5,14H,1,6-11H2;(H,3,4)(H,5,6). The van der Waals surface area contributed by atoms with Gasteiger partial charge < -0.3 is 25.2 Å². The topological polar surface area (TPSA) is 142 Å². The number of hydrogen-bond donors (Lipinski definition) is 3. The van der Waals surface area contributed by atoms with Crippen molar-refractivity contribution >= 4 is 17.6 Å². The van der Waals surface area contributed by atoms with Crippen molar-refractivity contribution in [3.05, 3.63) is 34.4 Å². The third kappa shape index (κ3) is 8.63. The van der Waals surface area contributed by atoms with Crippen molar-refractivity contribution in [3.63, 3.8) is 0 Å². The molecule has 3 N–H and O–H groups in total.